The fourth-order valence-corrected chi connectivity index (χ4v) is 2.16. The average Bonchev–Trinajstić information content (AvgIpc) is 2.87. The van der Waals surface area contributed by atoms with Crippen LogP contribution >= 0.6 is 0 Å². The molecule has 1 fully saturated rings. The maximum atomic E-state index is 11.1. The van der Waals surface area contributed by atoms with E-state index in [0.717, 1.165) is 17.1 Å². The molecule has 1 heterocycles. The Hall–Kier alpha value is -2.29. The van der Waals surface area contributed by atoms with Crippen molar-refractivity contribution >= 4 is 5.97 Å². The van der Waals surface area contributed by atoms with Crippen molar-refractivity contribution in [1.82, 2.24) is 0 Å². The van der Waals surface area contributed by atoms with Crippen molar-refractivity contribution in [3.05, 3.63) is 60.2 Å². The van der Waals surface area contributed by atoms with E-state index in [-0.39, 0.29) is 11.9 Å². The molecule has 96 valence electrons. The molecule has 0 aliphatic carbocycles. The van der Waals surface area contributed by atoms with Crippen LogP contribution in [0.5, 0.6) is 11.5 Å². The number of hydrogen-bond acceptors (Lipinski definition) is 3. The quantitative estimate of drug-likeness (QED) is 0.786. The fourth-order valence-electron chi connectivity index (χ4n) is 2.16. The predicted octanol–water partition coefficient (Wildman–Crippen LogP) is 3.51. The van der Waals surface area contributed by atoms with Crippen LogP contribution in [0.25, 0.3) is 0 Å². The third-order valence-corrected chi connectivity index (χ3v) is 3.19. The zero-order valence-corrected chi connectivity index (χ0v) is 10.4. The van der Waals surface area contributed by atoms with Gasteiger partial charge in [-0.1, -0.05) is 30.3 Å². The molecular weight excluding hydrogens is 240 g/mol. The minimum Gasteiger partial charge on any atom is -0.465 e. The number of ether oxygens (including phenoxy) is 2. The molecule has 0 bridgehead atoms. The monoisotopic (exact) mass is 254 g/mol. The van der Waals surface area contributed by atoms with Crippen LogP contribution in [0.4, 0.5) is 0 Å². The average molecular weight is 254 g/mol. The second-order valence-corrected chi connectivity index (χ2v) is 4.57. The summed E-state index contributed by atoms with van der Waals surface area (Å²) in [6.45, 7) is 0.484. The zero-order valence-electron chi connectivity index (χ0n) is 10.4. The summed E-state index contributed by atoms with van der Waals surface area (Å²) >= 11 is 0. The van der Waals surface area contributed by atoms with Crippen molar-refractivity contribution < 1.29 is 14.3 Å². The Kier molecular flexibility index (Phi) is 3.19. The van der Waals surface area contributed by atoms with E-state index < -0.39 is 0 Å². The Morgan fingerprint density at radius 3 is 2.26 bits per heavy atom. The van der Waals surface area contributed by atoms with Crippen molar-refractivity contribution in [1.29, 1.82) is 0 Å². The van der Waals surface area contributed by atoms with Crippen molar-refractivity contribution in [2.24, 2.45) is 0 Å². The highest BCUT2D eigenvalue weighted by molar-refractivity contribution is 5.72. The van der Waals surface area contributed by atoms with E-state index in [4.69, 9.17) is 9.47 Å². The molecule has 3 rings (SSSR count). The van der Waals surface area contributed by atoms with Crippen molar-refractivity contribution in [2.75, 3.05) is 6.61 Å². The molecular formula is C16H14O3. The molecule has 3 heteroatoms. The van der Waals surface area contributed by atoms with Gasteiger partial charge in [0.2, 0.25) is 0 Å². The van der Waals surface area contributed by atoms with Gasteiger partial charge >= 0.3 is 5.97 Å². The van der Waals surface area contributed by atoms with E-state index in [1.165, 1.54) is 0 Å². The highest BCUT2D eigenvalue weighted by Gasteiger charge is 2.24. The molecule has 1 saturated heterocycles. The highest BCUT2D eigenvalue weighted by atomic mass is 16.5. The topological polar surface area (TPSA) is 35.5 Å². The van der Waals surface area contributed by atoms with Crippen LogP contribution in [0.15, 0.2) is 54.6 Å². The third-order valence-electron chi connectivity index (χ3n) is 3.19. The van der Waals surface area contributed by atoms with Crippen molar-refractivity contribution in [3.8, 4) is 11.5 Å². The summed E-state index contributed by atoms with van der Waals surface area (Å²) in [6.07, 6.45) is 0.471. The normalized spacial score (nSPS) is 18.1. The highest BCUT2D eigenvalue weighted by Crippen LogP contribution is 2.28. The Balaban J connectivity index is 1.71. The van der Waals surface area contributed by atoms with E-state index in [1.807, 2.05) is 54.6 Å². The van der Waals surface area contributed by atoms with Gasteiger partial charge in [-0.2, -0.15) is 0 Å². The summed E-state index contributed by atoms with van der Waals surface area (Å²) in [6, 6.07) is 17.5. The maximum Gasteiger partial charge on any atom is 0.306 e. The lowest BCUT2D eigenvalue weighted by molar-refractivity contribution is -0.137. The Morgan fingerprint density at radius 2 is 1.63 bits per heavy atom. The van der Waals surface area contributed by atoms with E-state index in [0.29, 0.717) is 13.0 Å². The predicted molar refractivity (Wildman–Crippen MR) is 71.3 cm³/mol. The van der Waals surface area contributed by atoms with E-state index >= 15 is 0 Å². The second kappa shape index (κ2) is 5.14. The molecule has 0 unspecified atom stereocenters. The third kappa shape index (κ3) is 2.76. The summed E-state index contributed by atoms with van der Waals surface area (Å²) in [5.74, 6) is 1.67. The van der Waals surface area contributed by atoms with Crippen LogP contribution < -0.4 is 4.74 Å². The molecule has 2 aromatic rings. The summed E-state index contributed by atoms with van der Waals surface area (Å²) < 4.78 is 10.7. The first-order valence-electron chi connectivity index (χ1n) is 6.30. The van der Waals surface area contributed by atoms with Crippen LogP contribution in [0, 0.1) is 0 Å². The van der Waals surface area contributed by atoms with Gasteiger partial charge in [-0.25, -0.2) is 0 Å². The van der Waals surface area contributed by atoms with Gasteiger partial charge in [0.05, 0.1) is 13.0 Å². The summed E-state index contributed by atoms with van der Waals surface area (Å²) in [7, 11) is 0. The lowest BCUT2D eigenvalue weighted by atomic mass is 9.98. The summed E-state index contributed by atoms with van der Waals surface area (Å²) in [4.78, 5) is 11.1. The van der Waals surface area contributed by atoms with Crippen molar-refractivity contribution in [3.63, 3.8) is 0 Å². The molecule has 0 aromatic heterocycles. The van der Waals surface area contributed by atoms with E-state index in [9.17, 15) is 4.79 Å². The number of cyclic esters (lactones) is 1. The van der Waals surface area contributed by atoms with Gasteiger partial charge in [0.15, 0.2) is 0 Å². The van der Waals surface area contributed by atoms with Gasteiger partial charge in [0.25, 0.3) is 0 Å². The van der Waals surface area contributed by atoms with Crippen LogP contribution in [-0.2, 0) is 9.53 Å². The number of benzene rings is 2. The Labute approximate surface area is 111 Å². The van der Waals surface area contributed by atoms with Crippen LogP contribution in [0.3, 0.4) is 0 Å². The first-order chi connectivity index (χ1) is 9.31. The van der Waals surface area contributed by atoms with Gasteiger partial charge in [-0.3, -0.25) is 4.79 Å². The first-order valence-corrected chi connectivity index (χ1v) is 6.30. The fraction of sp³-hybridized carbons (Fsp3) is 0.188. The second-order valence-electron chi connectivity index (χ2n) is 4.57. The SMILES string of the molecule is O=C1C[C@H](c2ccc(Oc3ccccc3)cc2)CO1. The molecule has 3 nitrogen and oxygen atoms in total. The smallest absolute Gasteiger partial charge is 0.306 e. The molecule has 2 aromatic carbocycles. The zero-order chi connectivity index (χ0) is 13.1. The van der Waals surface area contributed by atoms with Gasteiger partial charge in [-0.05, 0) is 29.8 Å². The first kappa shape index (κ1) is 11.8. The largest absolute Gasteiger partial charge is 0.465 e. The number of rotatable bonds is 3. The van der Waals surface area contributed by atoms with Gasteiger partial charge in [-0.15, -0.1) is 0 Å². The van der Waals surface area contributed by atoms with Gasteiger partial charge in [0.1, 0.15) is 11.5 Å². The molecule has 1 atom stereocenters. The van der Waals surface area contributed by atoms with Crippen LogP contribution in [0.1, 0.15) is 17.9 Å². The maximum absolute atomic E-state index is 11.1. The van der Waals surface area contributed by atoms with Gasteiger partial charge in [0, 0.05) is 5.92 Å². The summed E-state index contributed by atoms with van der Waals surface area (Å²) in [5, 5.41) is 0. The number of hydrogen-bond donors (Lipinski definition) is 0. The number of carbonyl (C=O) groups excluding carboxylic acids is 1. The molecule has 0 saturated carbocycles. The number of carbonyl (C=O) groups is 1. The Bertz CT molecular complexity index is 560. The van der Waals surface area contributed by atoms with E-state index in [1.54, 1.807) is 0 Å². The Morgan fingerprint density at radius 1 is 0.947 bits per heavy atom. The minimum atomic E-state index is -0.116. The summed E-state index contributed by atoms with van der Waals surface area (Å²) in [5.41, 5.74) is 1.12. The number of esters is 1. The lowest BCUT2D eigenvalue weighted by Crippen LogP contribution is -1.97. The van der Waals surface area contributed by atoms with Crippen molar-refractivity contribution in [2.45, 2.75) is 12.3 Å². The van der Waals surface area contributed by atoms with Gasteiger partial charge < -0.3 is 9.47 Å². The van der Waals surface area contributed by atoms with E-state index in [2.05, 4.69) is 0 Å². The standard InChI is InChI=1S/C16H14O3/c17-16-10-13(11-18-16)12-6-8-15(9-7-12)19-14-4-2-1-3-5-14/h1-9,13H,10-11H2/t13-/m0/s1. The molecule has 0 amide bonds. The molecule has 1 aliphatic heterocycles. The van der Waals surface area contributed by atoms with Crippen LogP contribution in [0.2, 0.25) is 0 Å². The molecule has 0 spiro atoms. The molecule has 0 N–H and O–H groups in total. The van der Waals surface area contributed by atoms with Crippen LogP contribution in [-0.4, -0.2) is 12.6 Å². The number of para-hydroxylation sites is 1. The lowest BCUT2D eigenvalue weighted by Gasteiger charge is -2.09. The molecule has 1 aliphatic rings. The molecule has 19 heavy (non-hydrogen) atoms. The minimum absolute atomic E-state index is 0.116. The molecule has 0 radical (unpaired) electrons.